The van der Waals surface area contributed by atoms with Gasteiger partial charge in [0.1, 0.15) is 0 Å². The molecule has 0 fully saturated rings. The number of hydrogen-bond acceptors (Lipinski definition) is 2. The first-order valence-corrected chi connectivity index (χ1v) is 8.47. The van der Waals surface area contributed by atoms with E-state index in [9.17, 15) is 4.79 Å². The van der Waals surface area contributed by atoms with Gasteiger partial charge >= 0.3 is 0 Å². The van der Waals surface area contributed by atoms with Crippen LogP contribution in [0.4, 0.5) is 11.4 Å². The van der Waals surface area contributed by atoms with E-state index < -0.39 is 0 Å². The fourth-order valence-electron chi connectivity index (χ4n) is 3.83. The Morgan fingerprint density at radius 1 is 1.00 bits per heavy atom. The van der Waals surface area contributed by atoms with E-state index in [2.05, 4.69) is 54.3 Å². The van der Waals surface area contributed by atoms with Crippen LogP contribution in [0.25, 0.3) is 0 Å². The molecule has 0 unspecified atom stereocenters. The Balaban J connectivity index is 1.58. The van der Waals surface area contributed by atoms with Gasteiger partial charge in [0.05, 0.1) is 6.54 Å². The summed E-state index contributed by atoms with van der Waals surface area (Å²) in [6, 6.07) is 17.2. The molecule has 2 aliphatic rings. The largest absolute Gasteiger partial charge is 0.359 e. The fourth-order valence-corrected chi connectivity index (χ4v) is 3.83. The van der Waals surface area contributed by atoms with E-state index in [-0.39, 0.29) is 5.91 Å². The van der Waals surface area contributed by atoms with Crippen molar-refractivity contribution in [3.05, 3.63) is 59.7 Å². The molecule has 0 saturated carbocycles. The monoisotopic (exact) mass is 306 g/mol. The minimum atomic E-state index is 0.207. The fraction of sp³-hybridized carbons (Fsp3) is 0.350. The zero-order valence-electron chi connectivity index (χ0n) is 13.5. The summed E-state index contributed by atoms with van der Waals surface area (Å²) in [5.74, 6) is 0.207. The van der Waals surface area contributed by atoms with Crippen molar-refractivity contribution in [3.63, 3.8) is 0 Å². The molecule has 2 heterocycles. The Kier molecular flexibility index (Phi) is 3.56. The summed E-state index contributed by atoms with van der Waals surface area (Å²) in [5, 5.41) is 0. The molecule has 4 rings (SSSR count). The normalized spacial score (nSPS) is 19.4. The summed E-state index contributed by atoms with van der Waals surface area (Å²) in [6.45, 7) is 3.50. The molecule has 1 amide bonds. The van der Waals surface area contributed by atoms with Crippen LogP contribution in [0.2, 0.25) is 0 Å². The van der Waals surface area contributed by atoms with Crippen molar-refractivity contribution in [2.75, 3.05) is 22.9 Å². The van der Waals surface area contributed by atoms with E-state index in [1.54, 1.807) is 0 Å². The number of nitrogens with zero attached hydrogens (tertiary/aromatic N) is 2. The van der Waals surface area contributed by atoms with Gasteiger partial charge in [-0.1, -0.05) is 36.4 Å². The summed E-state index contributed by atoms with van der Waals surface area (Å²) >= 11 is 0. The lowest BCUT2D eigenvalue weighted by Crippen LogP contribution is -2.45. The van der Waals surface area contributed by atoms with Crippen molar-refractivity contribution >= 4 is 17.3 Å². The van der Waals surface area contributed by atoms with Gasteiger partial charge in [-0.05, 0) is 49.4 Å². The van der Waals surface area contributed by atoms with Gasteiger partial charge in [0, 0.05) is 24.0 Å². The second-order valence-electron chi connectivity index (χ2n) is 6.57. The highest BCUT2D eigenvalue weighted by molar-refractivity contribution is 5.98. The number of anilines is 2. The molecule has 2 aliphatic heterocycles. The van der Waals surface area contributed by atoms with E-state index in [0.717, 1.165) is 31.5 Å². The maximum Gasteiger partial charge on any atom is 0.246 e. The maximum absolute atomic E-state index is 12.9. The Bertz CT molecular complexity index is 740. The van der Waals surface area contributed by atoms with Gasteiger partial charge in [0.2, 0.25) is 5.91 Å². The average molecular weight is 306 g/mol. The maximum atomic E-state index is 12.9. The van der Waals surface area contributed by atoms with Crippen LogP contribution in [0, 0.1) is 0 Å². The number of carbonyl (C=O) groups is 1. The number of para-hydroxylation sites is 2. The second-order valence-corrected chi connectivity index (χ2v) is 6.57. The lowest BCUT2D eigenvalue weighted by Gasteiger charge is -2.37. The number of benzene rings is 2. The molecule has 2 aromatic rings. The molecule has 0 bridgehead atoms. The van der Waals surface area contributed by atoms with Crippen molar-refractivity contribution in [1.82, 2.24) is 0 Å². The van der Waals surface area contributed by atoms with Gasteiger partial charge in [-0.3, -0.25) is 4.79 Å². The first-order valence-electron chi connectivity index (χ1n) is 8.47. The molecular weight excluding hydrogens is 284 g/mol. The third-order valence-corrected chi connectivity index (χ3v) is 5.16. The van der Waals surface area contributed by atoms with Gasteiger partial charge in [-0.15, -0.1) is 0 Å². The van der Waals surface area contributed by atoms with Crippen LogP contribution in [0.1, 0.15) is 24.5 Å². The molecule has 23 heavy (non-hydrogen) atoms. The Morgan fingerprint density at radius 2 is 1.65 bits per heavy atom. The minimum absolute atomic E-state index is 0.207. The number of carbonyl (C=O) groups excluding carboxylic acids is 1. The molecule has 3 nitrogen and oxygen atoms in total. The highest BCUT2D eigenvalue weighted by Gasteiger charge is 2.29. The van der Waals surface area contributed by atoms with E-state index in [1.807, 2.05) is 11.0 Å². The topological polar surface area (TPSA) is 23.6 Å². The van der Waals surface area contributed by atoms with Gasteiger partial charge < -0.3 is 9.80 Å². The van der Waals surface area contributed by atoms with Crippen LogP contribution in [-0.2, 0) is 17.6 Å². The van der Waals surface area contributed by atoms with Crippen molar-refractivity contribution < 1.29 is 4.79 Å². The Labute approximate surface area is 137 Å². The van der Waals surface area contributed by atoms with Gasteiger partial charge in [-0.2, -0.15) is 0 Å². The van der Waals surface area contributed by atoms with E-state index in [4.69, 9.17) is 0 Å². The molecule has 118 valence electrons. The molecular formula is C20H22N2O. The summed E-state index contributed by atoms with van der Waals surface area (Å²) < 4.78 is 0. The lowest BCUT2D eigenvalue weighted by molar-refractivity contribution is -0.117. The zero-order chi connectivity index (χ0) is 15.8. The second kappa shape index (κ2) is 5.73. The number of amides is 1. The number of fused-ring (bicyclic) bond motifs is 2. The van der Waals surface area contributed by atoms with Gasteiger partial charge in [0.15, 0.2) is 0 Å². The average Bonchev–Trinajstić information content (AvgIpc) is 3.01. The van der Waals surface area contributed by atoms with E-state index >= 15 is 0 Å². The molecule has 0 radical (unpaired) electrons. The first-order chi connectivity index (χ1) is 11.2. The van der Waals surface area contributed by atoms with Gasteiger partial charge in [-0.25, -0.2) is 0 Å². The number of hydrogen-bond donors (Lipinski definition) is 0. The molecule has 0 spiro atoms. The standard InChI is InChI=1S/C20H22N2O/c1-15-10-11-16-6-2-5-9-19(16)22(15)14-20(23)21-13-12-17-7-3-4-8-18(17)21/h2-9,15H,10-14H2,1H3/t15-/m0/s1. The lowest BCUT2D eigenvalue weighted by atomic mass is 9.96. The molecule has 0 saturated heterocycles. The first kappa shape index (κ1) is 14.3. The van der Waals surface area contributed by atoms with Crippen molar-refractivity contribution in [2.45, 2.75) is 32.2 Å². The quantitative estimate of drug-likeness (QED) is 0.849. The number of rotatable bonds is 2. The SMILES string of the molecule is C[C@H]1CCc2ccccc2N1CC(=O)N1CCc2ccccc21. The van der Waals surface area contributed by atoms with Crippen molar-refractivity contribution in [2.24, 2.45) is 0 Å². The third kappa shape index (κ3) is 2.50. The Hall–Kier alpha value is -2.29. The van der Waals surface area contributed by atoms with Crippen LogP contribution in [0.3, 0.4) is 0 Å². The predicted octanol–water partition coefficient (Wildman–Crippen LogP) is 3.42. The van der Waals surface area contributed by atoms with Crippen molar-refractivity contribution in [1.29, 1.82) is 0 Å². The predicted molar refractivity (Wildman–Crippen MR) is 94.1 cm³/mol. The molecule has 0 N–H and O–H groups in total. The molecule has 1 atom stereocenters. The summed E-state index contributed by atoms with van der Waals surface area (Å²) in [6.07, 6.45) is 3.18. The highest BCUT2D eigenvalue weighted by atomic mass is 16.2. The van der Waals surface area contributed by atoms with E-state index in [1.165, 1.54) is 16.8 Å². The molecule has 3 heteroatoms. The van der Waals surface area contributed by atoms with E-state index in [0.29, 0.717) is 12.6 Å². The molecule has 2 aromatic carbocycles. The van der Waals surface area contributed by atoms with Crippen LogP contribution in [-0.4, -0.2) is 25.0 Å². The van der Waals surface area contributed by atoms with Crippen LogP contribution in [0.5, 0.6) is 0 Å². The van der Waals surface area contributed by atoms with Gasteiger partial charge in [0.25, 0.3) is 0 Å². The molecule has 0 aliphatic carbocycles. The Morgan fingerprint density at radius 3 is 2.43 bits per heavy atom. The summed E-state index contributed by atoms with van der Waals surface area (Å²) in [7, 11) is 0. The van der Waals surface area contributed by atoms with Crippen LogP contribution in [0.15, 0.2) is 48.5 Å². The number of aryl methyl sites for hydroxylation is 1. The van der Waals surface area contributed by atoms with Crippen molar-refractivity contribution in [3.8, 4) is 0 Å². The van der Waals surface area contributed by atoms with Crippen LogP contribution >= 0.6 is 0 Å². The third-order valence-electron chi connectivity index (χ3n) is 5.16. The highest BCUT2D eigenvalue weighted by Crippen LogP contribution is 2.32. The van der Waals surface area contributed by atoms with Crippen LogP contribution < -0.4 is 9.80 Å². The molecule has 0 aromatic heterocycles. The minimum Gasteiger partial charge on any atom is -0.359 e. The smallest absolute Gasteiger partial charge is 0.246 e. The zero-order valence-corrected chi connectivity index (χ0v) is 13.5. The summed E-state index contributed by atoms with van der Waals surface area (Å²) in [5.41, 5.74) is 4.97. The summed E-state index contributed by atoms with van der Waals surface area (Å²) in [4.78, 5) is 17.2.